The molecule has 18 heavy (non-hydrogen) atoms. The van der Waals surface area contributed by atoms with E-state index in [-0.39, 0.29) is 5.41 Å². The molecule has 0 bridgehead atoms. The van der Waals surface area contributed by atoms with Crippen LogP contribution >= 0.6 is 11.3 Å². The second-order valence-corrected chi connectivity index (χ2v) is 6.06. The number of nitrogens with zero attached hydrogens (tertiary/aromatic N) is 2. The lowest BCUT2D eigenvalue weighted by Crippen LogP contribution is -2.47. The van der Waals surface area contributed by atoms with Crippen LogP contribution in [0.2, 0.25) is 0 Å². The van der Waals surface area contributed by atoms with Crippen molar-refractivity contribution in [1.29, 1.82) is 0 Å². The molecule has 1 aromatic heterocycles. The van der Waals surface area contributed by atoms with Gasteiger partial charge in [0.15, 0.2) is 0 Å². The Morgan fingerprint density at radius 1 is 1.61 bits per heavy atom. The van der Waals surface area contributed by atoms with Crippen molar-refractivity contribution in [3.63, 3.8) is 0 Å². The standard InChI is InChI=1S/C13H23N3OS/c1-14-8-13(4-3-5-17-10-13)9-16(2)6-12-7-18-11-15-12/h7,11,14H,3-6,8-10H2,1-2H3. The maximum atomic E-state index is 5.69. The monoisotopic (exact) mass is 269 g/mol. The van der Waals surface area contributed by atoms with Crippen molar-refractivity contribution in [2.45, 2.75) is 19.4 Å². The average Bonchev–Trinajstić information content (AvgIpc) is 2.83. The molecule has 0 saturated carbocycles. The van der Waals surface area contributed by atoms with Crippen molar-refractivity contribution in [3.05, 3.63) is 16.6 Å². The molecule has 0 amide bonds. The summed E-state index contributed by atoms with van der Waals surface area (Å²) in [6.07, 6.45) is 2.42. The van der Waals surface area contributed by atoms with Crippen LogP contribution in [0.1, 0.15) is 18.5 Å². The van der Waals surface area contributed by atoms with Gasteiger partial charge >= 0.3 is 0 Å². The largest absolute Gasteiger partial charge is 0.381 e. The Kier molecular flexibility index (Phi) is 5.12. The highest BCUT2D eigenvalue weighted by Crippen LogP contribution is 2.29. The molecular formula is C13H23N3OS. The highest BCUT2D eigenvalue weighted by Gasteiger charge is 2.33. The van der Waals surface area contributed by atoms with Crippen LogP contribution in [0, 0.1) is 5.41 Å². The van der Waals surface area contributed by atoms with E-state index >= 15 is 0 Å². The predicted octanol–water partition coefficient (Wildman–Crippen LogP) is 1.59. The molecule has 4 nitrogen and oxygen atoms in total. The van der Waals surface area contributed by atoms with Crippen LogP contribution in [0.15, 0.2) is 10.9 Å². The van der Waals surface area contributed by atoms with Gasteiger partial charge in [0, 0.05) is 37.0 Å². The Bertz CT molecular complexity index is 331. The number of ether oxygens (including phenoxy) is 1. The quantitative estimate of drug-likeness (QED) is 0.851. The lowest BCUT2D eigenvalue weighted by Gasteiger charge is -2.39. The molecule has 5 heteroatoms. The first kappa shape index (κ1) is 13.9. The molecule has 1 aromatic rings. The summed E-state index contributed by atoms with van der Waals surface area (Å²) in [5, 5.41) is 5.45. The Morgan fingerprint density at radius 3 is 3.11 bits per heavy atom. The van der Waals surface area contributed by atoms with Gasteiger partial charge in [-0.15, -0.1) is 11.3 Å². The molecular weight excluding hydrogens is 246 g/mol. The predicted molar refractivity (Wildman–Crippen MR) is 74.9 cm³/mol. The second-order valence-electron chi connectivity index (χ2n) is 5.34. The summed E-state index contributed by atoms with van der Waals surface area (Å²) in [6.45, 7) is 4.80. The Balaban J connectivity index is 1.91. The van der Waals surface area contributed by atoms with Gasteiger partial charge < -0.3 is 10.1 Å². The first-order chi connectivity index (χ1) is 8.74. The van der Waals surface area contributed by atoms with Gasteiger partial charge in [0.25, 0.3) is 0 Å². The van der Waals surface area contributed by atoms with Gasteiger partial charge in [0.1, 0.15) is 0 Å². The van der Waals surface area contributed by atoms with Crippen molar-refractivity contribution in [2.24, 2.45) is 5.41 Å². The van der Waals surface area contributed by atoms with Gasteiger partial charge in [0.05, 0.1) is 17.8 Å². The zero-order valence-electron chi connectivity index (χ0n) is 11.3. The fourth-order valence-corrected chi connectivity index (χ4v) is 3.38. The average molecular weight is 269 g/mol. The van der Waals surface area contributed by atoms with Gasteiger partial charge in [-0.05, 0) is 26.9 Å². The van der Waals surface area contributed by atoms with E-state index in [1.807, 2.05) is 12.6 Å². The Hall–Kier alpha value is -0.490. The van der Waals surface area contributed by atoms with Crippen LogP contribution < -0.4 is 5.32 Å². The van der Waals surface area contributed by atoms with E-state index in [1.165, 1.54) is 18.5 Å². The summed E-state index contributed by atoms with van der Waals surface area (Å²) in [7, 11) is 4.20. The Morgan fingerprint density at radius 2 is 2.50 bits per heavy atom. The van der Waals surface area contributed by atoms with Crippen LogP contribution in [0.3, 0.4) is 0 Å². The summed E-state index contributed by atoms with van der Waals surface area (Å²) in [5.74, 6) is 0. The van der Waals surface area contributed by atoms with E-state index in [0.717, 1.165) is 32.8 Å². The fourth-order valence-electron chi connectivity index (χ4n) is 2.83. The lowest BCUT2D eigenvalue weighted by atomic mass is 9.82. The molecule has 0 aliphatic carbocycles. The summed E-state index contributed by atoms with van der Waals surface area (Å²) >= 11 is 1.66. The van der Waals surface area contributed by atoms with Crippen LogP contribution in [0.4, 0.5) is 0 Å². The van der Waals surface area contributed by atoms with E-state index in [1.54, 1.807) is 11.3 Å². The molecule has 1 atom stereocenters. The van der Waals surface area contributed by atoms with Crippen LogP contribution in [-0.4, -0.2) is 50.3 Å². The maximum absolute atomic E-state index is 5.69. The molecule has 1 aliphatic heterocycles. The van der Waals surface area contributed by atoms with E-state index in [4.69, 9.17) is 4.74 Å². The molecule has 1 N–H and O–H groups in total. The maximum Gasteiger partial charge on any atom is 0.0795 e. The number of aromatic nitrogens is 1. The van der Waals surface area contributed by atoms with Crippen molar-refractivity contribution in [1.82, 2.24) is 15.2 Å². The third-order valence-electron chi connectivity index (χ3n) is 3.48. The molecule has 1 saturated heterocycles. The van der Waals surface area contributed by atoms with Gasteiger partial charge in [0.2, 0.25) is 0 Å². The normalized spacial score (nSPS) is 24.6. The summed E-state index contributed by atoms with van der Waals surface area (Å²) in [5.41, 5.74) is 3.33. The van der Waals surface area contributed by atoms with Gasteiger partial charge in [-0.1, -0.05) is 0 Å². The van der Waals surface area contributed by atoms with Crippen molar-refractivity contribution < 1.29 is 4.74 Å². The fraction of sp³-hybridized carbons (Fsp3) is 0.769. The summed E-state index contributed by atoms with van der Waals surface area (Å²) in [6, 6.07) is 0. The number of hydrogen-bond acceptors (Lipinski definition) is 5. The van der Waals surface area contributed by atoms with Gasteiger partial charge in [-0.2, -0.15) is 0 Å². The molecule has 1 fully saturated rings. The van der Waals surface area contributed by atoms with Gasteiger partial charge in [-0.25, -0.2) is 4.98 Å². The number of nitrogens with one attached hydrogen (secondary N) is 1. The highest BCUT2D eigenvalue weighted by atomic mass is 32.1. The zero-order valence-corrected chi connectivity index (χ0v) is 12.1. The molecule has 102 valence electrons. The molecule has 1 unspecified atom stereocenters. The molecule has 1 aliphatic rings. The number of rotatable bonds is 6. The van der Waals surface area contributed by atoms with E-state index in [0.29, 0.717) is 0 Å². The molecule has 0 aromatic carbocycles. The Labute approximate surface area is 113 Å². The second kappa shape index (κ2) is 6.61. The van der Waals surface area contributed by atoms with Gasteiger partial charge in [-0.3, -0.25) is 4.90 Å². The third-order valence-corrected chi connectivity index (χ3v) is 4.11. The topological polar surface area (TPSA) is 37.4 Å². The minimum Gasteiger partial charge on any atom is -0.381 e. The van der Waals surface area contributed by atoms with E-state index < -0.39 is 0 Å². The van der Waals surface area contributed by atoms with E-state index in [9.17, 15) is 0 Å². The lowest BCUT2D eigenvalue weighted by molar-refractivity contribution is -0.0229. The molecule has 0 spiro atoms. The van der Waals surface area contributed by atoms with E-state index in [2.05, 4.69) is 27.6 Å². The SMILES string of the molecule is CNCC1(CN(C)Cc2cscn2)CCCOC1. The minimum atomic E-state index is 0.262. The smallest absolute Gasteiger partial charge is 0.0795 e. The first-order valence-electron chi connectivity index (χ1n) is 6.52. The summed E-state index contributed by atoms with van der Waals surface area (Å²) in [4.78, 5) is 6.71. The summed E-state index contributed by atoms with van der Waals surface area (Å²) < 4.78 is 5.69. The number of hydrogen-bond donors (Lipinski definition) is 1. The molecule has 2 heterocycles. The first-order valence-corrected chi connectivity index (χ1v) is 7.46. The molecule has 0 radical (unpaired) electrons. The zero-order chi connectivity index (χ0) is 12.8. The number of thiazole rings is 1. The third kappa shape index (κ3) is 3.75. The highest BCUT2D eigenvalue weighted by molar-refractivity contribution is 7.07. The van der Waals surface area contributed by atoms with Crippen molar-refractivity contribution >= 4 is 11.3 Å². The van der Waals surface area contributed by atoms with Crippen LogP contribution in [-0.2, 0) is 11.3 Å². The minimum absolute atomic E-state index is 0.262. The van der Waals surface area contributed by atoms with Crippen LogP contribution in [0.25, 0.3) is 0 Å². The van der Waals surface area contributed by atoms with Crippen molar-refractivity contribution in [3.8, 4) is 0 Å². The van der Waals surface area contributed by atoms with Crippen molar-refractivity contribution in [2.75, 3.05) is 40.4 Å². The van der Waals surface area contributed by atoms with Crippen LogP contribution in [0.5, 0.6) is 0 Å². The molecule has 2 rings (SSSR count).